The number of hydrogen-bond donors (Lipinski definition) is 1. The molecule has 1 aliphatic heterocycles. The van der Waals surface area contributed by atoms with E-state index in [1.165, 1.54) is 4.80 Å². The fourth-order valence-electron chi connectivity index (χ4n) is 3.37. The number of nitrogens with zero attached hydrogens (tertiary/aromatic N) is 4. The van der Waals surface area contributed by atoms with Crippen LogP contribution >= 0.6 is 0 Å². The Balaban J connectivity index is 1.45. The van der Waals surface area contributed by atoms with Gasteiger partial charge in [-0.25, -0.2) is 0 Å². The summed E-state index contributed by atoms with van der Waals surface area (Å²) in [5, 5.41) is 15.4. The summed E-state index contributed by atoms with van der Waals surface area (Å²) in [6.07, 6.45) is 0.851. The van der Waals surface area contributed by atoms with Gasteiger partial charge in [0, 0.05) is 12.0 Å². The Morgan fingerprint density at radius 3 is 2.63 bits per heavy atom. The van der Waals surface area contributed by atoms with Gasteiger partial charge >= 0.3 is 0 Å². The molecule has 1 aromatic heterocycles. The van der Waals surface area contributed by atoms with Crippen molar-refractivity contribution in [2.75, 3.05) is 13.2 Å². The largest absolute Gasteiger partial charge is 0.490 e. The maximum absolute atomic E-state index is 12.7. The normalized spacial score (nSPS) is 14.2. The van der Waals surface area contributed by atoms with E-state index in [2.05, 4.69) is 34.6 Å². The van der Waals surface area contributed by atoms with Crippen LogP contribution in [-0.4, -0.2) is 39.3 Å². The van der Waals surface area contributed by atoms with Gasteiger partial charge in [0.15, 0.2) is 11.5 Å². The number of amides is 1. The van der Waals surface area contributed by atoms with Crippen molar-refractivity contribution < 1.29 is 14.3 Å². The van der Waals surface area contributed by atoms with Crippen molar-refractivity contribution in [1.82, 2.24) is 25.5 Å². The van der Waals surface area contributed by atoms with E-state index in [1.54, 1.807) is 0 Å². The first-order valence-electron chi connectivity index (χ1n) is 10.1. The van der Waals surface area contributed by atoms with Crippen LogP contribution in [0.15, 0.2) is 48.5 Å². The standard InChI is InChI=1S/C22H25N5O3/c1-15(2)21(17-9-10-18-19(13-17)30-12-6-11-29-18)23-20(28)14-27-25-22(24-26-27)16-7-4-3-5-8-16/h3-5,7-10,13,15,21H,6,11-12,14H2,1-2H3,(H,23,28)/t21-/m0/s1. The summed E-state index contributed by atoms with van der Waals surface area (Å²) in [6, 6.07) is 15.2. The summed E-state index contributed by atoms with van der Waals surface area (Å²) in [5.41, 5.74) is 1.83. The third kappa shape index (κ3) is 4.59. The first-order valence-corrected chi connectivity index (χ1v) is 10.1. The molecule has 3 aromatic rings. The van der Waals surface area contributed by atoms with Crippen molar-refractivity contribution in [3.63, 3.8) is 0 Å². The summed E-state index contributed by atoms with van der Waals surface area (Å²) in [4.78, 5) is 14.0. The molecule has 0 fully saturated rings. The third-order valence-corrected chi connectivity index (χ3v) is 4.88. The Bertz CT molecular complexity index is 1000. The molecule has 4 rings (SSSR count). The van der Waals surface area contributed by atoms with E-state index in [4.69, 9.17) is 9.47 Å². The lowest BCUT2D eigenvalue weighted by atomic mass is 9.95. The minimum Gasteiger partial charge on any atom is -0.490 e. The van der Waals surface area contributed by atoms with E-state index >= 15 is 0 Å². The van der Waals surface area contributed by atoms with Gasteiger partial charge in [-0.3, -0.25) is 4.79 Å². The Morgan fingerprint density at radius 2 is 1.87 bits per heavy atom. The lowest BCUT2D eigenvalue weighted by molar-refractivity contribution is -0.123. The van der Waals surface area contributed by atoms with Crippen LogP contribution in [-0.2, 0) is 11.3 Å². The number of fused-ring (bicyclic) bond motifs is 1. The number of rotatable bonds is 6. The fraction of sp³-hybridized carbons (Fsp3) is 0.364. The smallest absolute Gasteiger partial charge is 0.244 e. The van der Waals surface area contributed by atoms with Crippen LogP contribution in [0.25, 0.3) is 11.4 Å². The van der Waals surface area contributed by atoms with Crippen molar-refractivity contribution in [1.29, 1.82) is 0 Å². The molecule has 1 amide bonds. The molecule has 1 atom stereocenters. The van der Waals surface area contributed by atoms with Crippen LogP contribution in [0.1, 0.15) is 31.9 Å². The zero-order valence-corrected chi connectivity index (χ0v) is 17.1. The molecule has 2 aromatic carbocycles. The van der Waals surface area contributed by atoms with Gasteiger partial charge in [-0.2, -0.15) is 4.80 Å². The zero-order valence-electron chi connectivity index (χ0n) is 17.1. The van der Waals surface area contributed by atoms with E-state index in [9.17, 15) is 4.79 Å². The highest BCUT2D eigenvalue weighted by molar-refractivity contribution is 5.76. The molecule has 1 aliphatic rings. The molecule has 0 bridgehead atoms. The van der Waals surface area contributed by atoms with Gasteiger partial charge in [0.25, 0.3) is 0 Å². The SMILES string of the molecule is CC(C)[C@H](NC(=O)Cn1nnc(-c2ccccc2)n1)c1ccc2c(c1)OCCCO2. The first kappa shape index (κ1) is 19.9. The molecule has 8 heteroatoms. The van der Waals surface area contributed by atoms with Crippen LogP contribution < -0.4 is 14.8 Å². The number of nitrogens with one attached hydrogen (secondary N) is 1. The predicted octanol–water partition coefficient (Wildman–Crippen LogP) is 3.01. The molecule has 0 saturated carbocycles. The van der Waals surface area contributed by atoms with E-state index in [0.717, 1.165) is 29.0 Å². The molecular weight excluding hydrogens is 382 g/mol. The molecule has 30 heavy (non-hydrogen) atoms. The summed E-state index contributed by atoms with van der Waals surface area (Å²) in [5.74, 6) is 1.95. The highest BCUT2D eigenvalue weighted by Crippen LogP contribution is 2.34. The van der Waals surface area contributed by atoms with Gasteiger partial charge in [0.05, 0.1) is 19.3 Å². The molecular formula is C22H25N5O3. The van der Waals surface area contributed by atoms with Crippen molar-refractivity contribution >= 4 is 5.91 Å². The molecule has 0 aliphatic carbocycles. The molecule has 8 nitrogen and oxygen atoms in total. The molecule has 2 heterocycles. The number of carbonyl (C=O) groups excluding carboxylic acids is 1. The van der Waals surface area contributed by atoms with Crippen LogP contribution in [0.4, 0.5) is 0 Å². The number of aromatic nitrogens is 4. The van der Waals surface area contributed by atoms with Crippen LogP contribution in [0, 0.1) is 5.92 Å². The van der Waals surface area contributed by atoms with Crippen molar-refractivity contribution in [3.05, 3.63) is 54.1 Å². The van der Waals surface area contributed by atoms with Gasteiger partial charge in [0.2, 0.25) is 11.7 Å². The van der Waals surface area contributed by atoms with Crippen LogP contribution in [0.5, 0.6) is 11.5 Å². The summed E-state index contributed by atoms with van der Waals surface area (Å²) < 4.78 is 11.5. The predicted molar refractivity (Wildman–Crippen MR) is 111 cm³/mol. The highest BCUT2D eigenvalue weighted by Gasteiger charge is 2.22. The molecule has 0 spiro atoms. The van der Waals surface area contributed by atoms with Gasteiger partial charge in [-0.15, -0.1) is 10.2 Å². The van der Waals surface area contributed by atoms with Crippen molar-refractivity contribution in [3.8, 4) is 22.9 Å². The Morgan fingerprint density at radius 1 is 1.10 bits per heavy atom. The van der Waals surface area contributed by atoms with Crippen molar-refractivity contribution in [2.45, 2.75) is 32.9 Å². The molecule has 0 saturated heterocycles. The topological polar surface area (TPSA) is 91.2 Å². The Kier molecular flexibility index (Phi) is 5.92. The fourth-order valence-corrected chi connectivity index (χ4v) is 3.37. The molecule has 0 radical (unpaired) electrons. The first-order chi connectivity index (χ1) is 14.6. The minimum absolute atomic E-state index is 0.00634. The summed E-state index contributed by atoms with van der Waals surface area (Å²) in [6.45, 7) is 5.39. The monoisotopic (exact) mass is 407 g/mol. The maximum atomic E-state index is 12.7. The van der Waals surface area contributed by atoms with E-state index < -0.39 is 0 Å². The van der Waals surface area contributed by atoms with E-state index in [-0.39, 0.29) is 24.4 Å². The van der Waals surface area contributed by atoms with E-state index in [0.29, 0.717) is 19.0 Å². The number of carbonyl (C=O) groups is 1. The Labute approximate surface area is 175 Å². The maximum Gasteiger partial charge on any atom is 0.244 e. The number of tetrazole rings is 1. The highest BCUT2D eigenvalue weighted by atomic mass is 16.5. The average molecular weight is 407 g/mol. The molecule has 1 N–H and O–H groups in total. The quantitative estimate of drug-likeness (QED) is 0.675. The van der Waals surface area contributed by atoms with Gasteiger partial charge in [-0.05, 0) is 28.8 Å². The number of ether oxygens (including phenoxy) is 2. The summed E-state index contributed by atoms with van der Waals surface area (Å²) in [7, 11) is 0. The second kappa shape index (κ2) is 8.94. The van der Waals surface area contributed by atoms with Crippen LogP contribution in [0.2, 0.25) is 0 Å². The van der Waals surface area contributed by atoms with Crippen LogP contribution in [0.3, 0.4) is 0 Å². The number of hydrogen-bond acceptors (Lipinski definition) is 6. The zero-order chi connectivity index (χ0) is 20.9. The lowest BCUT2D eigenvalue weighted by Gasteiger charge is -2.23. The van der Waals surface area contributed by atoms with Crippen molar-refractivity contribution in [2.24, 2.45) is 5.92 Å². The Hall–Kier alpha value is -3.42. The molecule has 0 unspecified atom stereocenters. The molecule has 156 valence electrons. The van der Waals surface area contributed by atoms with Gasteiger partial charge in [-0.1, -0.05) is 50.2 Å². The minimum atomic E-state index is -0.183. The van der Waals surface area contributed by atoms with Gasteiger partial charge < -0.3 is 14.8 Å². The second-order valence-corrected chi connectivity index (χ2v) is 7.56. The number of benzene rings is 2. The summed E-state index contributed by atoms with van der Waals surface area (Å²) >= 11 is 0. The third-order valence-electron chi connectivity index (χ3n) is 4.88. The second-order valence-electron chi connectivity index (χ2n) is 7.56. The van der Waals surface area contributed by atoms with Gasteiger partial charge in [0.1, 0.15) is 6.54 Å². The lowest BCUT2D eigenvalue weighted by Crippen LogP contribution is -2.34. The average Bonchev–Trinajstić information content (AvgIpc) is 3.08. The van der Waals surface area contributed by atoms with E-state index in [1.807, 2.05) is 48.5 Å².